The number of aromatic nitrogens is 2. The van der Waals surface area contributed by atoms with Crippen LogP contribution in [0.25, 0.3) is 11.3 Å². The van der Waals surface area contributed by atoms with Crippen LogP contribution in [-0.4, -0.2) is 31.5 Å². The fourth-order valence-corrected chi connectivity index (χ4v) is 1.91. The van der Waals surface area contributed by atoms with Crippen LogP contribution in [0.3, 0.4) is 0 Å². The van der Waals surface area contributed by atoms with E-state index in [1.54, 1.807) is 21.3 Å². The predicted molar refractivity (Wildman–Crippen MR) is 71.6 cm³/mol. The third kappa shape index (κ3) is 2.34. The van der Waals surface area contributed by atoms with Crippen molar-refractivity contribution in [2.45, 2.75) is 6.54 Å². The summed E-state index contributed by atoms with van der Waals surface area (Å²) in [6.07, 6.45) is 0. The second kappa shape index (κ2) is 5.62. The molecule has 0 radical (unpaired) electrons. The van der Waals surface area contributed by atoms with Crippen molar-refractivity contribution in [1.29, 1.82) is 0 Å². The maximum atomic E-state index is 5.57. The van der Waals surface area contributed by atoms with E-state index in [0.717, 1.165) is 17.0 Å². The lowest BCUT2D eigenvalue weighted by atomic mass is 10.1. The normalized spacial score (nSPS) is 10.3. The molecule has 6 heteroatoms. The third-order valence-electron chi connectivity index (χ3n) is 2.83. The molecule has 0 unspecified atom stereocenters. The number of nitrogens with two attached hydrogens (primary N) is 1. The number of ether oxygens (including phenoxy) is 3. The van der Waals surface area contributed by atoms with Gasteiger partial charge in [0.25, 0.3) is 0 Å². The van der Waals surface area contributed by atoms with Crippen LogP contribution in [0, 0.1) is 0 Å². The Balaban J connectivity index is 2.56. The molecule has 0 atom stereocenters. The SMILES string of the molecule is COc1ccc(-c2cc(CN)[nH]n2)c(OC)c1OC. The Bertz CT molecular complexity index is 566. The molecule has 102 valence electrons. The summed E-state index contributed by atoms with van der Waals surface area (Å²) in [4.78, 5) is 0. The summed E-state index contributed by atoms with van der Waals surface area (Å²) >= 11 is 0. The second-order valence-corrected chi connectivity index (χ2v) is 3.86. The molecule has 19 heavy (non-hydrogen) atoms. The fourth-order valence-electron chi connectivity index (χ4n) is 1.91. The molecule has 1 heterocycles. The maximum absolute atomic E-state index is 5.57. The Kier molecular flexibility index (Phi) is 3.91. The number of hydrogen-bond donors (Lipinski definition) is 2. The van der Waals surface area contributed by atoms with Gasteiger partial charge in [0.05, 0.1) is 27.0 Å². The highest BCUT2D eigenvalue weighted by atomic mass is 16.5. The van der Waals surface area contributed by atoms with Crippen molar-refractivity contribution in [3.8, 4) is 28.5 Å². The van der Waals surface area contributed by atoms with E-state index in [9.17, 15) is 0 Å². The zero-order valence-electron chi connectivity index (χ0n) is 11.2. The lowest BCUT2D eigenvalue weighted by molar-refractivity contribution is 0.325. The van der Waals surface area contributed by atoms with E-state index in [-0.39, 0.29) is 0 Å². The molecule has 0 amide bonds. The lowest BCUT2D eigenvalue weighted by Crippen LogP contribution is -1.97. The predicted octanol–water partition coefficient (Wildman–Crippen LogP) is 1.56. The molecule has 6 nitrogen and oxygen atoms in total. The Morgan fingerprint density at radius 3 is 2.37 bits per heavy atom. The van der Waals surface area contributed by atoms with Gasteiger partial charge in [-0.2, -0.15) is 5.10 Å². The van der Waals surface area contributed by atoms with E-state index in [0.29, 0.717) is 23.8 Å². The van der Waals surface area contributed by atoms with Gasteiger partial charge in [-0.15, -0.1) is 0 Å². The average molecular weight is 263 g/mol. The topological polar surface area (TPSA) is 82.4 Å². The van der Waals surface area contributed by atoms with E-state index in [4.69, 9.17) is 19.9 Å². The Hall–Kier alpha value is -2.21. The van der Waals surface area contributed by atoms with E-state index in [1.165, 1.54) is 0 Å². The van der Waals surface area contributed by atoms with E-state index >= 15 is 0 Å². The molecule has 0 aliphatic heterocycles. The van der Waals surface area contributed by atoms with Gasteiger partial charge in [0, 0.05) is 17.8 Å². The second-order valence-electron chi connectivity index (χ2n) is 3.86. The van der Waals surface area contributed by atoms with Crippen molar-refractivity contribution < 1.29 is 14.2 Å². The summed E-state index contributed by atoms with van der Waals surface area (Å²) in [6.45, 7) is 0.405. The lowest BCUT2D eigenvalue weighted by Gasteiger charge is -2.14. The van der Waals surface area contributed by atoms with Gasteiger partial charge in [-0.3, -0.25) is 5.10 Å². The van der Waals surface area contributed by atoms with Crippen molar-refractivity contribution in [3.63, 3.8) is 0 Å². The first-order valence-corrected chi connectivity index (χ1v) is 5.78. The van der Waals surface area contributed by atoms with Crippen LogP contribution < -0.4 is 19.9 Å². The van der Waals surface area contributed by atoms with Gasteiger partial charge in [0.15, 0.2) is 11.5 Å². The molecule has 0 aliphatic carbocycles. The van der Waals surface area contributed by atoms with Gasteiger partial charge < -0.3 is 19.9 Å². The zero-order chi connectivity index (χ0) is 13.8. The number of rotatable bonds is 5. The molecule has 0 saturated heterocycles. The van der Waals surface area contributed by atoms with Gasteiger partial charge in [0.2, 0.25) is 5.75 Å². The Morgan fingerprint density at radius 2 is 1.84 bits per heavy atom. The molecule has 2 rings (SSSR count). The largest absolute Gasteiger partial charge is 0.493 e. The van der Waals surface area contributed by atoms with Crippen LogP contribution in [-0.2, 0) is 6.54 Å². The molecule has 0 bridgehead atoms. The highest BCUT2D eigenvalue weighted by molar-refractivity contribution is 5.74. The van der Waals surface area contributed by atoms with Crippen molar-refractivity contribution in [2.75, 3.05) is 21.3 Å². The van der Waals surface area contributed by atoms with E-state index < -0.39 is 0 Å². The summed E-state index contributed by atoms with van der Waals surface area (Å²) in [5.74, 6) is 1.73. The number of nitrogens with one attached hydrogen (secondary N) is 1. The molecular formula is C13H17N3O3. The standard InChI is InChI=1S/C13H17N3O3/c1-17-11-5-4-9(12(18-2)13(11)19-3)10-6-8(7-14)15-16-10/h4-6H,7,14H2,1-3H3,(H,15,16). The Morgan fingerprint density at radius 1 is 1.11 bits per heavy atom. The van der Waals surface area contributed by atoms with E-state index in [1.807, 2.05) is 18.2 Å². The van der Waals surface area contributed by atoms with Gasteiger partial charge in [-0.05, 0) is 18.2 Å². The minimum Gasteiger partial charge on any atom is -0.493 e. The highest BCUT2D eigenvalue weighted by Crippen LogP contribution is 2.43. The van der Waals surface area contributed by atoms with Gasteiger partial charge in [-0.25, -0.2) is 0 Å². The number of methoxy groups -OCH3 is 3. The first-order valence-electron chi connectivity index (χ1n) is 5.78. The summed E-state index contributed by atoms with van der Waals surface area (Å²) in [5.41, 5.74) is 7.98. The molecule has 0 aliphatic rings. The minimum absolute atomic E-state index is 0.405. The van der Waals surface area contributed by atoms with Crippen LogP contribution in [0.5, 0.6) is 17.2 Å². The van der Waals surface area contributed by atoms with Gasteiger partial charge in [0.1, 0.15) is 0 Å². The molecule has 1 aromatic carbocycles. The van der Waals surface area contributed by atoms with E-state index in [2.05, 4.69) is 10.2 Å². The summed E-state index contributed by atoms with van der Waals surface area (Å²) in [7, 11) is 4.73. The molecule has 1 aromatic heterocycles. The molecule has 0 fully saturated rings. The van der Waals surface area contributed by atoms with Gasteiger partial charge in [-0.1, -0.05) is 0 Å². The monoisotopic (exact) mass is 263 g/mol. The fraction of sp³-hybridized carbons (Fsp3) is 0.308. The number of hydrogen-bond acceptors (Lipinski definition) is 5. The quantitative estimate of drug-likeness (QED) is 0.855. The molecule has 0 saturated carbocycles. The maximum Gasteiger partial charge on any atom is 0.203 e. The third-order valence-corrected chi connectivity index (χ3v) is 2.83. The van der Waals surface area contributed by atoms with Crippen LogP contribution in [0.2, 0.25) is 0 Å². The summed E-state index contributed by atoms with van der Waals surface area (Å²) in [5, 5.41) is 7.08. The summed E-state index contributed by atoms with van der Waals surface area (Å²) in [6, 6.07) is 5.56. The van der Waals surface area contributed by atoms with Crippen LogP contribution >= 0.6 is 0 Å². The number of nitrogens with zero attached hydrogens (tertiary/aromatic N) is 1. The van der Waals surface area contributed by atoms with Crippen LogP contribution in [0.15, 0.2) is 18.2 Å². The number of H-pyrrole nitrogens is 1. The smallest absolute Gasteiger partial charge is 0.203 e. The molecule has 2 aromatic rings. The molecular weight excluding hydrogens is 246 g/mol. The Labute approximate surface area is 111 Å². The van der Waals surface area contributed by atoms with Crippen LogP contribution in [0.1, 0.15) is 5.69 Å². The van der Waals surface area contributed by atoms with Gasteiger partial charge >= 0.3 is 0 Å². The first-order chi connectivity index (χ1) is 9.24. The molecule has 3 N–H and O–H groups in total. The average Bonchev–Trinajstić information content (AvgIpc) is 2.94. The summed E-state index contributed by atoms with van der Waals surface area (Å²) < 4.78 is 16.0. The zero-order valence-corrected chi connectivity index (χ0v) is 11.2. The van der Waals surface area contributed by atoms with Crippen molar-refractivity contribution in [3.05, 3.63) is 23.9 Å². The van der Waals surface area contributed by atoms with Crippen molar-refractivity contribution in [2.24, 2.45) is 5.73 Å². The highest BCUT2D eigenvalue weighted by Gasteiger charge is 2.18. The number of benzene rings is 1. The number of aromatic amines is 1. The van der Waals surface area contributed by atoms with Crippen molar-refractivity contribution in [1.82, 2.24) is 10.2 Å². The van der Waals surface area contributed by atoms with Crippen LogP contribution in [0.4, 0.5) is 0 Å². The first kappa shape index (κ1) is 13.2. The minimum atomic E-state index is 0.405. The van der Waals surface area contributed by atoms with Crippen molar-refractivity contribution >= 4 is 0 Å². The molecule has 0 spiro atoms.